The van der Waals surface area contributed by atoms with Crippen LogP contribution in [0.4, 0.5) is 17.6 Å². The van der Waals surface area contributed by atoms with Gasteiger partial charge in [0.1, 0.15) is 16.3 Å². The third-order valence-corrected chi connectivity index (χ3v) is 3.29. The van der Waals surface area contributed by atoms with Crippen molar-refractivity contribution < 1.29 is 27.5 Å². The van der Waals surface area contributed by atoms with E-state index in [0.717, 1.165) is 12.1 Å². The lowest BCUT2D eigenvalue weighted by Gasteiger charge is -2.08. The van der Waals surface area contributed by atoms with E-state index >= 15 is 0 Å². The van der Waals surface area contributed by atoms with E-state index in [1.165, 1.54) is 0 Å². The molecule has 1 heterocycles. The Kier molecular flexibility index (Phi) is 2.57. The van der Waals surface area contributed by atoms with Gasteiger partial charge in [0.05, 0.1) is 4.70 Å². The Balaban J connectivity index is 2.81. The number of carboxylic acids is 1. The van der Waals surface area contributed by atoms with E-state index in [0.29, 0.717) is 17.4 Å². The number of hydrogen-bond acceptors (Lipinski definition) is 2. The molecule has 0 spiro atoms. The van der Waals surface area contributed by atoms with Gasteiger partial charge in [0.15, 0.2) is 0 Å². The molecule has 0 amide bonds. The largest absolute Gasteiger partial charge is 0.477 e. The van der Waals surface area contributed by atoms with Crippen LogP contribution >= 0.6 is 11.3 Å². The molecule has 0 radical (unpaired) electrons. The lowest BCUT2D eigenvalue weighted by atomic mass is 10.1. The molecule has 0 atom stereocenters. The van der Waals surface area contributed by atoms with Crippen molar-refractivity contribution in [2.75, 3.05) is 0 Å². The highest BCUT2D eigenvalue weighted by molar-refractivity contribution is 7.21. The zero-order valence-electron chi connectivity index (χ0n) is 8.01. The first kappa shape index (κ1) is 11.8. The summed E-state index contributed by atoms with van der Waals surface area (Å²) in [6.07, 6.45) is -4.84. The lowest BCUT2D eigenvalue weighted by Crippen LogP contribution is -2.07. The average molecular weight is 264 g/mol. The number of hydrogen-bond donors (Lipinski definition) is 1. The van der Waals surface area contributed by atoms with Gasteiger partial charge < -0.3 is 5.11 Å². The number of alkyl halides is 3. The first-order valence-electron chi connectivity index (χ1n) is 4.33. The van der Waals surface area contributed by atoms with E-state index in [1.54, 1.807) is 0 Å². The predicted octanol–water partition coefficient (Wildman–Crippen LogP) is 3.76. The van der Waals surface area contributed by atoms with Gasteiger partial charge in [0, 0.05) is 0 Å². The number of carboxylic acid groups (broad SMARTS) is 1. The maximum atomic E-state index is 13.2. The number of carbonyl (C=O) groups is 1. The van der Waals surface area contributed by atoms with Gasteiger partial charge in [-0.25, -0.2) is 9.18 Å². The third-order valence-electron chi connectivity index (χ3n) is 2.13. The van der Waals surface area contributed by atoms with Crippen LogP contribution in [0.2, 0.25) is 0 Å². The Morgan fingerprint density at radius 1 is 1.29 bits per heavy atom. The molecule has 17 heavy (non-hydrogen) atoms. The van der Waals surface area contributed by atoms with Crippen LogP contribution in [0.15, 0.2) is 18.2 Å². The van der Waals surface area contributed by atoms with Crippen LogP contribution in [0, 0.1) is 5.82 Å². The highest BCUT2D eigenvalue weighted by Crippen LogP contribution is 2.40. The Hall–Kier alpha value is -1.63. The van der Waals surface area contributed by atoms with Crippen LogP contribution in [0.25, 0.3) is 10.1 Å². The van der Waals surface area contributed by atoms with Crippen LogP contribution in [0.1, 0.15) is 15.2 Å². The quantitative estimate of drug-likeness (QED) is 0.796. The van der Waals surface area contributed by atoms with Gasteiger partial charge >= 0.3 is 12.1 Å². The summed E-state index contributed by atoms with van der Waals surface area (Å²) in [7, 11) is 0. The summed E-state index contributed by atoms with van der Waals surface area (Å²) in [4.78, 5) is 10.4. The molecular weight excluding hydrogens is 260 g/mol. The molecule has 0 bridgehead atoms. The molecule has 0 aliphatic rings. The molecule has 0 aliphatic heterocycles. The highest BCUT2D eigenvalue weighted by Gasteiger charge is 2.37. The van der Waals surface area contributed by atoms with Crippen molar-refractivity contribution in [2.24, 2.45) is 0 Å². The summed E-state index contributed by atoms with van der Waals surface area (Å²) in [6, 6.07) is 2.91. The number of fused-ring (bicyclic) bond motifs is 1. The van der Waals surface area contributed by atoms with Gasteiger partial charge in [-0.1, -0.05) is 6.07 Å². The molecule has 0 fully saturated rings. The molecular formula is C10H4F4O2S. The van der Waals surface area contributed by atoms with Crippen LogP contribution < -0.4 is 0 Å². The lowest BCUT2D eigenvalue weighted by molar-refractivity contribution is -0.138. The van der Waals surface area contributed by atoms with Gasteiger partial charge in [-0.05, 0) is 17.5 Å². The zero-order valence-corrected chi connectivity index (χ0v) is 8.82. The van der Waals surface area contributed by atoms with Crippen LogP contribution in [-0.2, 0) is 6.18 Å². The van der Waals surface area contributed by atoms with Crippen LogP contribution in [0.3, 0.4) is 0 Å². The SMILES string of the molecule is O=C(O)c1cc2ccc(F)c(C(F)(F)F)c2s1. The molecule has 1 aromatic carbocycles. The van der Waals surface area contributed by atoms with E-state index in [1.807, 2.05) is 0 Å². The topological polar surface area (TPSA) is 37.3 Å². The average Bonchev–Trinajstić information content (AvgIpc) is 2.58. The van der Waals surface area contributed by atoms with Crippen molar-refractivity contribution in [1.29, 1.82) is 0 Å². The molecule has 2 aromatic rings. The first-order valence-corrected chi connectivity index (χ1v) is 5.15. The molecule has 0 unspecified atom stereocenters. The van der Waals surface area contributed by atoms with Gasteiger partial charge in [0.2, 0.25) is 0 Å². The van der Waals surface area contributed by atoms with E-state index in [-0.39, 0.29) is 10.3 Å². The molecule has 1 aromatic heterocycles. The van der Waals surface area contributed by atoms with Crippen molar-refractivity contribution in [1.82, 2.24) is 0 Å². The zero-order chi connectivity index (χ0) is 12.8. The van der Waals surface area contributed by atoms with E-state index in [4.69, 9.17) is 5.11 Å². The van der Waals surface area contributed by atoms with Gasteiger partial charge in [-0.15, -0.1) is 11.3 Å². The number of halogens is 4. The van der Waals surface area contributed by atoms with E-state index in [9.17, 15) is 22.4 Å². The standard InChI is InChI=1S/C10H4F4O2S/c11-5-2-1-4-3-6(9(15)16)17-8(4)7(5)10(12,13)14/h1-3H,(H,15,16). The second kappa shape index (κ2) is 3.69. The van der Waals surface area contributed by atoms with Gasteiger partial charge in [-0.2, -0.15) is 13.2 Å². The van der Waals surface area contributed by atoms with Crippen LogP contribution in [-0.4, -0.2) is 11.1 Å². The normalized spacial score (nSPS) is 12.0. The minimum Gasteiger partial charge on any atom is -0.477 e. The molecule has 2 nitrogen and oxygen atoms in total. The monoisotopic (exact) mass is 264 g/mol. The Labute approximate surface area is 96.1 Å². The van der Waals surface area contributed by atoms with Crippen molar-refractivity contribution in [3.05, 3.63) is 34.5 Å². The summed E-state index contributed by atoms with van der Waals surface area (Å²) in [5, 5.41) is 8.75. The molecule has 90 valence electrons. The maximum absolute atomic E-state index is 13.2. The molecule has 0 saturated heterocycles. The fourth-order valence-electron chi connectivity index (χ4n) is 1.45. The summed E-state index contributed by atoms with van der Waals surface area (Å²) in [5.41, 5.74) is -1.41. The highest BCUT2D eigenvalue weighted by atomic mass is 32.1. The van der Waals surface area contributed by atoms with Crippen molar-refractivity contribution in [2.45, 2.75) is 6.18 Å². The van der Waals surface area contributed by atoms with Gasteiger partial charge in [0.25, 0.3) is 0 Å². The summed E-state index contributed by atoms with van der Waals surface area (Å²) < 4.78 is 50.6. The number of thiophene rings is 1. The number of rotatable bonds is 1. The number of aromatic carboxylic acids is 1. The van der Waals surface area contributed by atoms with Crippen LogP contribution in [0.5, 0.6) is 0 Å². The Morgan fingerprint density at radius 2 is 1.94 bits per heavy atom. The molecule has 2 rings (SSSR count). The molecule has 1 N–H and O–H groups in total. The summed E-state index contributed by atoms with van der Waals surface area (Å²) in [6.45, 7) is 0. The second-order valence-corrected chi connectivity index (χ2v) is 4.31. The summed E-state index contributed by atoms with van der Waals surface area (Å²) in [5.74, 6) is -2.73. The second-order valence-electron chi connectivity index (χ2n) is 3.25. The first-order chi connectivity index (χ1) is 7.80. The number of benzene rings is 1. The maximum Gasteiger partial charge on any atom is 0.420 e. The fourth-order valence-corrected chi connectivity index (χ4v) is 2.50. The summed E-state index contributed by atoms with van der Waals surface area (Å²) >= 11 is 0.413. The molecule has 0 saturated carbocycles. The third kappa shape index (κ3) is 1.97. The van der Waals surface area contributed by atoms with E-state index in [2.05, 4.69) is 0 Å². The smallest absolute Gasteiger partial charge is 0.420 e. The Bertz CT molecular complexity index is 600. The minimum atomic E-state index is -4.84. The van der Waals surface area contributed by atoms with Crippen molar-refractivity contribution in [3.63, 3.8) is 0 Å². The van der Waals surface area contributed by atoms with Crippen molar-refractivity contribution in [3.8, 4) is 0 Å². The van der Waals surface area contributed by atoms with Gasteiger partial charge in [-0.3, -0.25) is 0 Å². The predicted molar refractivity (Wildman–Crippen MR) is 53.7 cm³/mol. The molecule has 0 aliphatic carbocycles. The minimum absolute atomic E-state index is 0.0705. The Morgan fingerprint density at radius 3 is 2.47 bits per heavy atom. The van der Waals surface area contributed by atoms with E-state index < -0.39 is 28.2 Å². The molecule has 7 heteroatoms. The van der Waals surface area contributed by atoms with Crippen molar-refractivity contribution >= 4 is 27.4 Å². The fraction of sp³-hybridized carbons (Fsp3) is 0.100.